The van der Waals surface area contributed by atoms with Gasteiger partial charge in [0.2, 0.25) is 0 Å². The van der Waals surface area contributed by atoms with Crippen LogP contribution in [-0.2, 0) is 0 Å². The van der Waals surface area contributed by atoms with E-state index < -0.39 is 0 Å². The third-order valence-corrected chi connectivity index (χ3v) is 11.9. The van der Waals surface area contributed by atoms with Gasteiger partial charge in [0.25, 0.3) is 0 Å². The van der Waals surface area contributed by atoms with Crippen LogP contribution < -0.4 is 4.90 Å². The number of nitrogens with zero attached hydrogens (tertiary/aromatic N) is 3. The van der Waals surface area contributed by atoms with Crippen LogP contribution >= 0.6 is 11.3 Å². The lowest BCUT2D eigenvalue weighted by Gasteiger charge is -2.25. The molecule has 0 unspecified atom stereocenters. The van der Waals surface area contributed by atoms with Crippen molar-refractivity contribution in [3.8, 4) is 33.6 Å². The number of thiophene rings is 1. The Bertz CT molecular complexity index is 3190. The highest BCUT2D eigenvalue weighted by Crippen LogP contribution is 2.45. The molecular formula is C52H33N3S. The highest BCUT2D eigenvalue weighted by molar-refractivity contribution is 7.26. The lowest BCUT2D eigenvalue weighted by atomic mass is 9.94. The third kappa shape index (κ3) is 5.42. The van der Waals surface area contributed by atoms with E-state index in [0.29, 0.717) is 0 Å². The summed E-state index contributed by atoms with van der Waals surface area (Å²) >= 11 is 1.85. The molecule has 3 nitrogen and oxygen atoms in total. The Morgan fingerprint density at radius 2 is 0.982 bits per heavy atom. The van der Waals surface area contributed by atoms with Gasteiger partial charge in [-0.2, -0.15) is 0 Å². The summed E-state index contributed by atoms with van der Waals surface area (Å²) in [6.45, 7) is 0. The summed E-state index contributed by atoms with van der Waals surface area (Å²) in [7, 11) is 0. The highest BCUT2D eigenvalue weighted by Gasteiger charge is 2.19. The predicted octanol–water partition coefficient (Wildman–Crippen LogP) is 14.8. The molecule has 0 fully saturated rings. The first-order chi connectivity index (χ1) is 27.8. The van der Waals surface area contributed by atoms with E-state index in [-0.39, 0.29) is 0 Å². The van der Waals surface area contributed by atoms with Gasteiger partial charge in [-0.3, -0.25) is 0 Å². The van der Waals surface area contributed by atoms with E-state index in [1.54, 1.807) is 0 Å². The maximum atomic E-state index is 5.49. The second kappa shape index (κ2) is 13.3. The fraction of sp³-hybridized carbons (Fsp3) is 0. The van der Waals surface area contributed by atoms with Crippen LogP contribution in [0.2, 0.25) is 0 Å². The molecule has 4 heteroatoms. The maximum Gasteiger partial charge on any atom is 0.0979 e. The largest absolute Gasteiger partial charge is 0.310 e. The van der Waals surface area contributed by atoms with Crippen molar-refractivity contribution >= 4 is 81.1 Å². The molecule has 9 aromatic carbocycles. The molecule has 262 valence electrons. The van der Waals surface area contributed by atoms with E-state index in [9.17, 15) is 0 Å². The van der Waals surface area contributed by atoms with Crippen LogP contribution in [0.4, 0.5) is 17.1 Å². The molecule has 0 amide bonds. The summed E-state index contributed by atoms with van der Waals surface area (Å²) < 4.78 is 2.54. The van der Waals surface area contributed by atoms with Gasteiger partial charge >= 0.3 is 0 Å². The van der Waals surface area contributed by atoms with Crippen LogP contribution in [0.15, 0.2) is 200 Å². The molecule has 0 aliphatic heterocycles. The van der Waals surface area contributed by atoms with E-state index in [1.165, 1.54) is 42.1 Å². The normalized spacial score (nSPS) is 11.6. The van der Waals surface area contributed by atoms with Gasteiger partial charge in [0, 0.05) is 53.7 Å². The van der Waals surface area contributed by atoms with Crippen molar-refractivity contribution in [2.24, 2.45) is 0 Å². The molecular weight excluding hydrogens is 699 g/mol. The van der Waals surface area contributed by atoms with E-state index in [4.69, 9.17) is 9.97 Å². The van der Waals surface area contributed by atoms with Crippen LogP contribution in [0.5, 0.6) is 0 Å². The minimum atomic E-state index is 0.885. The SMILES string of the molecule is c1ccc(-c2nc3ccc4ccc5ccc(-c6cccc7sc8cc(N(c9ccccc9)c9ccccc9)ccc8c67)cc5c4c3nc2-c2ccccc2)cc1. The Morgan fingerprint density at radius 3 is 1.68 bits per heavy atom. The maximum absolute atomic E-state index is 5.49. The number of fused-ring (bicyclic) bond motifs is 8. The Balaban J connectivity index is 1.10. The quantitative estimate of drug-likeness (QED) is 0.159. The standard InChI is InChI=1S/C52H33N3S/c1-5-14-36(15-6-1)50-51(37-16-7-2-8-17-37)54-52-45(53-50)31-28-35-26-24-34-25-27-38(32-44(34)48(35)52)42-22-13-23-46-49(42)43-30-29-41(33-47(43)56-46)55(39-18-9-3-10-19-39)40-20-11-4-12-21-40/h1-33H. The Labute approximate surface area is 328 Å². The summed E-state index contributed by atoms with van der Waals surface area (Å²) in [5, 5.41) is 7.18. The van der Waals surface area contributed by atoms with E-state index in [2.05, 4.69) is 193 Å². The molecule has 0 saturated carbocycles. The number of hydrogen-bond acceptors (Lipinski definition) is 4. The van der Waals surface area contributed by atoms with Gasteiger partial charge in [-0.15, -0.1) is 11.3 Å². The molecule has 11 aromatic rings. The van der Waals surface area contributed by atoms with Gasteiger partial charge in [-0.05, 0) is 81.9 Å². The number of anilines is 3. The molecule has 56 heavy (non-hydrogen) atoms. The van der Waals surface area contributed by atoms with Crippen LogP contribution in [0.1, 0.15) is 0 Å². The topological polar surface area (TPSA) is 29.0 Å². The first kappa shape index (κ1) is 32.3. The zero-order valence-corrected chi connectivity index (χ0v) is 31.1. The van der Waals surface area contributed by atoms with Crippen LogP contribution in [0.25, 0.3) is 86.4 Å². The van der Waals surface area contributed by atoms with E-state index >= 15 is 0 Å². The van der Waals surface area contributed by atoms with Gasteiger partial charge in [0.15, 0.2) is 0 Å². The van der Waals surface area contributed by atoms with Crippen molar-refractivity contribution in [1.82, 2.24) is 9.97 Å². The lowest BCUT2D eigenvalue weighted by molar-refractivity contribution is 1.29. The monoisotopic (exact) mass is 731 g/mol. The van der Waals surface area contributed by atoms with Crippen LogP contribution in [0, 0.1) is 0 Å². The van der Waals surface area contributed by atoms with E-state index in [0.717, 1.165) is 61.4 Å². The molecule has 11 rings (SSSR count). The first-order valence-electron chi connectivity index (χ1n) is 18.9. The van der Waals surface area contributed by atoms with Gasteiger partial charge < -0.3 is 4.90 Å². The molecule has 0 bridgehead atoms. The fourth-order valence-corrected chi connectivity index (χ4v) is 9.38. The Kier molecular flexibility index (Phi) is 7.68. The van der Waals surface area contributed by atoms with Crippen LogP contribution in [0.3, 0.4) is 0 Å². The third-order valence-electron chi connectivity index (χ3n) is 10.8. The van der Waals surface area contributed by atoms with Crippen molar-refractivity contribution in [3.05, 3.63) is 200 Å². The summed E-state index contributed by atoms with van der Waals surface area (Å²) in [5.74, 6) is 0. The number of benzene rings is 9. The first-order valence-corrected chi connectivity index (χ1v) is 19.7. The number of hydrogen-bond donors (Lipinski definition) is 0. The molecule has 0 N–H and O–H groups in total. The van der Waals surface area contributed by atoms with Gasteiger partial charge in [0.05, 0.1) is 22.4 Å². The minimum Gasteiger partial charge on any atom is -0.310 e. The summed E-state index contributed by atoms with van der Waals surface area (Å²) in [4.78, 5) is 13.1. The molecule has 0 aliphatic carbocycles. The smallest absolute Gasteiger partial charge is 0.0979 e. The Morgan fingerprint density at radius 1 is 0.375 bits per heavy atom. The number of rotatable bonds is 6. The molecule has 0 saturated heterocycles. The molecule has 0 atom stereocenters. The minimum absolute atomic E-state index is 0.885. The average molecular weight is 732 g/mol. The van der Waals surface area contributed by atoms with Gasteiger partial charge in [-0.1, -0.05) is 146 Å². The summed E-state index contributed by atoms with van der Waals surface area (Å²) in [6.07, 6.45) is 0. The lowest BCUT2D eigenvalue weighted by Crippen LogP contribution is -2.09. The summed E-state index contributed by atoms with van der Waals surface area (Å²) in [5.41, 5.74) is 11.5. The zero-order valence-electron chi connectivity index (χ0n) is 30.3. The molecule has 2 heterocycles. The highest BCUT2D eigenvalue weighted by atomic mass is 32.1. The molecule has 0 aliphatic rings. The van der Waals surface area contributed by atoms with Crippen molar-refractivity contribution in [2.75, 3.05) is 4.90 Å². The van der Waals surface area contributed by atoms with Gasteiger partial charge in [-0.25, -0.2) is 9.97 Å². The van der Waals surface area contributed by atoms with E-state index in [1.807, 2.05) is 23.5 Å². The van der Waals surface area contributed by atoms with Crippen molar-refractivity contribution < 1.29 is 0 Å². The Hall–Kier alpha value is -7.14. The van der Waals surface area contributed by atoms with Crippen molar-refractivity contribution in [2.45, 2.75) is 0 Å². The van der Waals surface area contributed by atoms with Crippen LogP contribution in [-0.4, -0.2) is 9.97 Å². The number of para-hydroxylation sites is 2. The van der Waals surface area contributed by atoms with Crippen molar-refractivity contribution in [1.29, 1.82) is 0 Å². The second-order valence-corrected chi connectivity index (χ2v) is 15.2. The molecule has 2 aromatic heterocycles. The van der Waals surface area contributed by atoms with Gasteiger partial charge in [0.1, 0.15) is 0 Å². The molecule has 0 spiro atoms. The average Bonchev–Trinajstić information content (AvgIpc) is 3.65. The predicted molar refractivity (Wildman–Crippen MR) is 238 cm³/mol. The summed E-state index contributed by atoms with van der Waals surface area (Å²) in [6, 6.07) is 71.3. The van der Waals surface area contributed by atoms with Crippen molar-refractivity contribution in [3.63, 3.8) is 0 Å². The number of aromatic nitrogens is 2. The fourth-order valence-electron chi connectivity index (χ4n) is 8.21. The zero-order chi connectivity index (χ0) is 37.0. The molecule has 0 radical (unpaired) electrons. The second-order valence-electron chi connectivity index (χ2n) is 14.2.